The van der Waals surface area contributed by atoms with E-state index in [1.807, 2.05) is 0 Å². The summed E-state index contributed by atoms with van der Waals surface area (Å²) in [6, 6.07) is -1.01. The van der Waals surface area contributed by atoms with Crippen molar-refractivity contribution in [2.75, 3.05) is 26.4 Å². The van der Waals surface area contributed by atoms with E-state index in [-0.39, 0.29) is 18.9 Å². The molecule has 0 radical (unpaired) electrons. The van der Waals surface area contributed by atoms with Crippen LogP contribution in [-0.2, 0) is 33.2 Å². The Morgan fingerprint density at radius 3 is 1.58 bits per heavy atom. The van der Waals surface area contributed by atoms with Gasteiger partial charge >= 0.3 is 0 Å². The van der Waals surface area contributed by atoms with Crippen LogP contribution >= 0.6 is 0 Å². The Bertz CT molecular complexity index is 1560. The van der Waals surface area contributed by atoms with Gasteiger partial charge in [0.15, 0.2) is 18.9 Å². The largest absolute Gasteiger partial charge is 0.394 e. The summed E-state index contributed by atoms with van der Waals surface area (Å²) in [6.07, 6.45) is 9.29. The van der Waals surface area contributed by atoms with Gasteiger partial charge in [0.25, 0.3) is 0 Å². The first kappa shape index (κ1) is 60.5. The zero-order valence-electron chi connectivity index (χ0n) is 40.2. The molecule has 0 spiro atoms. The van der Waals surface area contributed by atoms with E-state index >= 15 is 0 Å². The smallest absolute Gasteiger partial charge is 0.220 e. The minimum absolute atomic E-state index is 0.192. The second kappa shape index (κ2) is 34.6. The molecule has 3 aliphatic heterocycles. The van der Waals surface area contributed by atoms with Crippen LogP contribution in [0.4, 0.5) is 0 Å². The fourth-order valence-electron chi connectivity index (χ4n) is 7.83. The van der Waals surface area contributed by atoms with Crippen LogP contribution in [0.25, 0.3) is 0 Å². The lowest BCUT2D eigenvalue weighted by atomic mass is 9.96. The number of rotatable bonds is 32. The Balaban J connectivity index is 1.60. The highest BCUT2D eigenvalue weighted by Gasteiger charge is 2.53. The number of aliphatic hydroxyl groups excluding tert-OH is 11. The fraction of sp³-hybridized carbons (Fsp3) is 0.740. The van der Waals surface area contributed by atoms with Gasteiger partial charge in [-0.1, -0.05) is 99.6 Å². The van der Waals surface area contributed by atoms with Crippen molar-refractivity contribution < 1.29 is 89.4 Å². The maximum atomic E-state index is 13.2. The number of hydrogen-bond donors (Lipinski definition) is 12. The maximum Gasteiger partial charge on any atom is 0.220 e. The molecule has 0 aromatic rings. The number of ether oxygens (including phenoxy) is 6. The normalized spacial score (nSPS) is 33.5. The van der Waals surface area contributed by atoms with Gasteiger partial charge in [-0.3, -0.25) is 4.79 Å². The van der Waals surface area contributed by atoms with Gasteiger partial charge in [0.2, 0.25) is 5.91 Å². The van der Waals surface area contributed by atoms with Crippen molar-refractivity contribution in [2.45, 2.75) is 208 Å². The molecule has 3 aliphatic rings. The molecule has 0 saturated carbocycles. The minimum Gasteiger partial charge on any atom is -0.394 e. The van der Waals surface area contributed by atoms with Gasteiger partial charge in [0.1, 0.15) is 73.2 Å². The Hall–Kier alpha value is -2.77. The summed E-state index contributed by atoms with van der Waals surface area (Å²) in [5.74, 6) is -0.327. The molecule has 0 bridgehead atoms. The van der Waals surface area contributed by atoms with Crippen molar-refractivity contribution in [2.24, 2.45) is 0 Å². The topological polar surface area (TPSA) is 307 Å². The fourth-order valence-corrected chi connectivity index (χ4v) is 7.83. The molecule has 0 aromatic carbocycles. The number of carbonyl (C=O) groups excluding carboxylic acids is 1. The Morgan fingerprint density at radius 2 is 1.01 bits per heavy atom. The minimum atomic E-state index is -1.99. The van der Waals surface area contributed by atoms with Crippen LogP contribution in [0.3, 0.4) is 0 Å². The highest BCUT2D eigenvalue weighted by Crippen LogP contribution is 2.33. The Kier molecular flexibility index (Phi) is 30.3. The molecule has 0 aromatic heterocycles. The second-order valence-corrected chi connectivity index (χ2v) is 17.5. The van der Waals surface area contributed by atoms with Crippen molar-refractivity contribution in [3.8, 4) is 0 Å². The molecule has 12 N–H and O–H groups in total. The monoisotopic (exact) mass is 986 g/mol. The van der Waals surface area contributed by atoms with Gasteiger partial charge in [0, 0.05) is 6.42 Å². The summed E-state index contributed by atoms with van der Waals surface area (Å²) in [6.45, 7) is 1.40. The second-order valence-electron chi connectivity index (χ2n) is 17.5. The van der Waals surface area contributed by atoms with E-state index in [4.69, 9.17) is 28.4 Å². The zero-order valence-corrected chi connectivity index (χ0v) is 40.2. The van der Waals surface area contributed by atoms with Crippen LogP contribution in [0.2, 0.25) is 0 Å². The molecule has 69 heavy (non-hydrogen) atoms. The number of hydrogen-bond acceptors (Lipinski definition) is 18. The predicted octanol–water partition coefficient (Wildman–Crippen LogP) is 1.14. The molecule has 1 amide bonds. The molecule has 17 unspecified atom stereocenters. The van der Waals surface area contributed by atoms with E-state index in [0.717, 1.165) is 70.6 Å². The molecular formula is C50H83NO18. The van der Waals surface area contributed by atoms with E-state index in [1.54, 1.807) is 12.2 Å². The number of amides is 1. The van der Waals surface area contributed by atoms with Gasteiger partial charge in [0.05, 0.1) is 38.6 Å². The van der Waals surface area contributed by atoms with Gasteiger partial charge in [-0.2, -0.15) is 0 Å². The molecule has 17 atom stereocenters. The number of aliphatic hydroxyl groups is 11. The highest BCUT2D eigenvalue weighted by atomic mass is 16.8. The number of carbonyl (C=O) groups is 1. The molecule has 396 valence electrons. The van der Waals surface area contributed by atoms with Gasteiger partial charge in [-0.25, -0.2) is 0 Å². The number of unbranched alkanes of at least 4 members (excludes halogenated alkanes) is 6. The van der Waals surface area contributed by atoms with Crippen LogP contribution in [0, 0.1) is 0 Å². The van der Waals surface area contributed by atoms with Gasteiger partial charge in [-0.15, -0.1) is 0 Å². The molecular weight excluding hydrogens is 903 g/mol. The van der Waals surface area contributed by atoms with Crippen LogP contribution in [0.1, 0.15) is 104 Å². The van der Waals surface area contributed by atoms with Gasteiger partial charge < -0.3 is 89.9 Å². The summed E-state index contributed by atoms with van der Waals surface area (Å²) >= 11 is 0. The molecule has 3 rings (SSSR count). The van der Waals surface area contributed by atoms with Crippen LogP contribution in [-0.4, -0.2) is 193 Å². The number of nitrogens with one attached hydrogen (secondary N) is 1. The molecule has 3 fully saturated rings. The first-order valence-electron chi connectivity index (χ1n) is 24.7. The van der Waals surface area contributed by atoms with E-state index in [9.17, 15) is 61.0 Å². The lowest BCUT2D eigenvalue weighted by molar-refractivity contribution is -0.379. The van der Waals surface area contributed by atoms with Crippen LogP contribution in [0.5, 0.6) is 0 Å². The third-order valence-corrected chi connectivity index (χ3v) is 11.9. The summed E-state index contributed by atoms with van der Waals surface area (Å²) in [7, 11) is 0. The van der Waals surface area contributed by atoms with E-state index in [2.05, 4.69) is 79.9 Å². The first-order valence-corrected chi connectivity index (χ1v) is 24.7. The van der Waals surface area contributed by atoms with E-state index < -0.39 is 124 Å². The first-order chi connectivity index (χ1) is 33.3. The van der Waals surface area contributed by atoms with Crippen molar-refractivity contribution in [1.82, 2.24) is 5.32 Å². The summed E-state index contributed by atoms with van der Waals surface area (Å²) < 4.78 is 34.0. The van der Waals surface area contributed by atoms with Gasteiger partial charge in [-0.05, 0) is 70.6 Å². The number of allylic oxidation sites excluding steroid dienone is 11. The quantitative estimate of drug-likeness (QED) is 0.0332. The van der Waals surface area contributed by atoms with Crippen molar-refractivity contribution in [3.05, 3.63) is 72.9 Å². The zero-order chi connectivity index (χ0) is 50.6. The molecule has 19 heteroatoms. The van der Waals surface area contributed by atoms with E-state index in [0.29, 0.717) is 12.8 Å². The van der Waals surface area contributed by atoms with Crippen molar-refractivity contribution >= 4 is 5.91 Å². The van der Waals surface area contributed by atoms with Crippen LogP contribution < -0.4 is 5.32 Å². The molecule has 19 nitrogen and oxygen atoms in total. The Morgan fingerprint density at radius 1 is 0.536 bits per heavy atom. The average molecular weight is 986 g/mol. The molecule has 3 saturated heterocycles. The van der Waals surface area contributed by atoms with Crippen LogP contribution in [0.15, 0.2) is 72.9 Å². The summed E-state index contributed by atoms with van der Waals surface area (Å²) in [4.78, 5) is 13.2. The van der Waals surface area contributed by atoms with Crippen molar-refractivity contribution in [3.63, 3.8) is 0 Å². The predicted molar refractivity (Wildman–Crippen MR) is 254 cm³/mol. The third-order valence-electron chi connectivity index (χ3n) is 11.9. The Labute approximate surface area is 407 Å². The lowest BCUT2D eigenvalue weighted by Gasteiger charge is -2.48. The summed E-state index contributed by atoms with van der Waals surface area (Å²) in [5, 5.41) is 119. The third kappa shape index (κ3) is 20.7. The average Bonchev–Trinajstić information content (AvgIpc) is 3.34. The lowest BCUT2D eigenvalue weighted by Crippen LogP contribution is -2.66. The van der Waals surface area contributed by atoms with E-state index in [1.165, 1.54) is 0 Å². The van der Waals surface area contributed by atoms with Crippen molar-refractivity contribution in [1.29, 1.82) is 0 Å². The molecule has 0 aliphatic carbocycles. The SMILES string of the molecule is CC/C=C\C/C=C\C/C=C\CCCCCC(=O)NC(COC1OC(CO)C(OC2OC(CO)C(OC3OC(CO)C(O)C(O)C3O)C(O)C2O)C(O)C1O)C(O)/C=C/CC/C=C/CC/C=C/CCC. The molecule has 3 heterocycles. The highest BCUT2D eigenvalue weighted by molar-refractivity contribution is 5.76. The summed E-state index contributed by atoms with van der Waals surface area (Å²) in [5.41, 5.74) is 0. The standard InChI is InChI=1S/C50H83NO18/c1-3-5-7-9-11-13-15-16-18-20-22-24-26-28-38(56)51-33(34(55)27-25-23-21-19-17-14-12-10-8-6-4-2)32-64-48-44(62)41(59)46(36(30-53)66-48)69-50-45(63)42(60)47(37(31-54)67-50)68-49-43(61)40(58)39(57)35(29-52)65-49/h5,7-8,10-11,13,16-19,25,27,33-37,39-50,52-55,57-63H,3-4,6,9,12,14-15,20-24,26,28-32H2,1-2H3,(H,51,56)/b7-5-,10-8+,13-11-,18-16-,19-17+,27-25+. The maximum absolute atomic E-state index is 13.2.